The van der Waals surface area contributed by atoms with E-state index in [0.717, 1.165) is 11.6 Å². The SMILES string of the molecule is O=C(C=Cc1ccccc1)c1cccc(F)c1F. The number of hydrogen-bond acceptors (Lipinski definition) is 1. The Bertz CT molecular complexity index is 589. The van der Waals surface area contributed by atoms with E-state index in [0.29, 0.717) is 0 Å². The summed E-state index contributed by atoms with van der Waals surface area (Å²) in [4.78, 5) is 11.7. The summed E-state index contributed by atoms with van der Waals surface area (Å²) in [5.41, 5.74) is 0.560. The van der Waals surface area contributed by atoms with Crippen LogP contribution in [-0.4, -0.2) is 5.78 Å². The molecule has 0 fully saturated rings. The summed E-state index contributed by atoms with van der Waals surface area (Å²) in [6.07, 6.45) is 2.79. The average molecular weight is 244 g/mol. The zero-order valence-corrected chi connectivity index (χ0v) is 9.44. The van der Waals surface area contributed by atoms with Crippen LogP contribution in [0.4, 0.5) is 8.78 Å². The standard InChI is InChI=1S/C15H10F2O/c16-13-8-4-7-12(15(13)17)14(18)10-9-11-5-2-1-3-6-11/h1-10H. The second-order valence-corrected chi connectivity index (χ2v) is 3.71. The predicted molar refractivity (Wildman–Crippen MR) is 66.2 cm³/mol. The largest absolute Gasteiger partial charge is 0.289 e. The van der Waals surface area contributed by atoms with E-state index in [4.69, 9.17) is 0 Å². The maximum atomic E-state index is 13.3. The zero-order chi connectivity index (χ0) is 13.0. The molecule has 0 aliphatic rings. The number of carbonyl (C=O) groups is 1. The molecule has 0 atom stereocenters. The molecule has 2 aromatic rings. The number of ketones is 1. The Kier molecular flexibility index (Phi) is 3.63. The highest BCUT2D eigenvalue weighted by Crippen LogP contribution is 2.13. The lowest BCUT2D eigenvalue weighted by molar-refractivity contribution is 0.104. The van der Waals surface area contributed by atoms with Crippen molar-refractivity contribution in [2.45, 2.75) is 0 Å². The fourth-order valence-corrected chi connectivity index (χ4v) is 1.52. The summed E-state index contributed by atoms with van der Waals surface area (Å²) >= 11 is 0. The lowest BCUT2D eigenvalue weighted by Gasteiger charge is -1.99. The van der Waals surface area contributed by atoms with Crippen LogP contribution in [0.15, 0.2) is 54.6 Å². The molecule has 2 rings (SSSR count). The molecule has 18 heavy (non-hydrogen) atoms. The van der Waals surface area contributed by atoms with Crippen LogP contribution in [-0.2, 0) is 0 Å². The Labute approximate surface area is 103 Å². The van der Waals surface area contributed by atoms with Gasteiger partial charge in [0.2, 0.25) is 0 Å². The van der Waals surface area contributed by atoms with E-state index in [2.05, 4.69) is 0 Å². The van der Waals surface area contributed by atoms with Crippen LogP contribution >= 0.6 is 0 Å². The average Bonchev–Trinajstić information content (AvgIpc) is 2.40. The van der Waals surface area contributed by atoms with Crippen LogP contribution in [0.1, 0.15) is 15.9 Å². The summed E-state index contributed by atoms with van der Waals surface area (Å²) in [6, 6.07) is 12.7. The summed E-state index contributed by atoms with van der Waals surface area (Å²) < 4.78 is 26.3. The van der Waals surface area contributed by atoms with Gasteiger partial charge >= 0.3 is 0 Å². The van der Waals surface area contributed by atoms with Gasteiger partial charge in [-0.05, 0) is 23.8 Å². The summed E-state index contributed by atoms with van der Waals surface area (Å²) in [7, 11) is 0. The zero-order valence-electron chi connectivity index (χ0n) is 9.44. The minimum absolute atomic E-state index is 0.262. The van der Waals surface area contributed by atoms with Crippen molar-refractivity contribution < 1.29 is 13.6 Å². The molecule has 0 amide bonds. The molecule has 0 spiro atoms. The Balaban J connectivity index is 2.23. The van der Waals surface area contributed by atoms with Crippen LogP contribution in [0.2, 0.25) is 0 Å². The topological polar surface area (TPSA) is 17.1 Å². The van der Waals surface area contributed by atoms with Crippen LogP contribution in [0.25, 0.3) is 6.08 Å². The Hall–Kier alpha value is -2.29. The van der Waals surface area contributed by atoms with Gasteiger partial charge in [0, 0.05) is 0 Å². The van der Waals surface area contributed by atoms with Gasteiger partial charge in [0.05, 0.1) is 5.56 Å². The maximum absolute atomic E-state index is 13.3. The van der Waals surface area contributed by atoms with Crippen molar-refractivity contribution in [2.75, 3.05) is 0 Å². The first-order valence-electron chi connectivity index (χ1n) is 5.40. The number of carbonyl (C=O) groups excluding carboxylic acids is 1. The number of hydrogen-bond donors (Lipinski definition) is 0. The molecule has 0 radical (unpaired) electrons. The molecule has 2 aromatic carbocycles. The van der Waals surface area contributed by atoms with Gasteiger partial charge in [-0.25, -0.2) is 8.78 Å². The Morgan fingerprint density at radius 2 is 1.67 bits per heavy atom. The lowest BCUT2D eigenvalue weighted by atomic mass is 10.1. The second kappa shape index (κ2) is 5.36. The molecule has 0 saturated carbocycles. The molecule has 0 heterocycles. The number of benzene rings is 2. The molecule has 0 bridgehead atoms. The molecule has 0 aliphatic heterocycles. The normalized spacial score (nSPS) is 10.8. The predicted octanol–water partition coefficient (Wildman–Crippen LogP) is 3.86. The minimum Gasteiger partial charge on any atom is -0.289 e. The third-order valence-corrected chi connectivity index (χ3v) is 2.44. The lowest BCUT2D eigenvalue weighted by Crippen LogP contribution is -2.00. The van der Waals surface area contributed by atoms with E-state index in [1.807, 2.05) is 30.3 Å². The van der Waals surface area contributed by atoms with E-state index in [9.17, 15) is 13.6 Å². The van der Waals surface area contributed by atoms with Crippen LogP contribution in [0, 0.1) is 11.6 Å². The summed E-state index contributed by atoms with van der Waals surface area (Å²) in [5, 5.41) is 0. The molecular weight excluding hydrogens is 234 g/mol. The molecule has 0 aromatic heterocycles. The highest BCUT2D eigenvalue weighted by molar-refractivity contribution is 6.06. The summed E-state index contributed by atoms with van der Waals surface area (Å²) in [6.45, 7) is 0. The van der Waals surface area contributed by atoms with Gasteiger partial charge in [0.1, 0.15) is 0 Å². The molecule has 3 heteroatoms. The molecule has 90 valence electrons. The molecule has 1 nitrogen and oxygen atoms in total. The molecule has 0 aliphatic carbocycles. The van der Waals surface area contributed by atoms with Crippen LogP contribution in [0.3, 0.4) is 0 Å². The summed E-state index contributed by atoms with van der Waals surface area (Å²) in [5.74, 6) is -2.69. The monoisotopic (exact) mass is 244 g/mol. The van der Waals surface area contributed by atoms with Crippen molar-refractivity contribution in [1.29, 1.82) is 0 Å². The van der Waals surface area contributed by atoms with Crippen molar-refractivity contribution in [1.82, 2.24) is 0 Å². The number of rotatable bonds is 3. The van der Waals surface area contributed by atoms with Crippen molar-refractivity contribution >= 4 is 11.9 Å². The molecular formula is C15H10F2O. The van der Waals surface area contributed by atoms with Crippen molar-refractivity contribution in [3.05, 3.63) is 77.4 Å². The van der Waals surface area contributed by atoms with Gasteiger partial charge in [-0.2, -0.15) is 0 Å². The van der Waals surface area contributed by atoms with Crippen LogP contribution in [0.5, 0.6) is 0 Å². The van der Waals surface area contributed by atoms with Gasteiger partial charge in [-0.15, -0.1) is 0 Å². The number of allylic oxidation sites excluding steroid dienone is 1. The van der Waals surface area contributed by atoms with E-state index < -0.39 is 17.4 Å². The van der Waals surface area contributed by atoms with E-state index >= 15 is 0 Å². The highest BCUT2D eigenvalue weighted by atomic mass is 19.2. The van der Waals surface area contributed by atoms with Crippen molar-refractivity contribution in [3.63, 3.8) is 0 Å². The van der Waals surface area contributed by atoms with Crippen molar-refractivity contribution in [3.8, 4) is 0 Å². The third-order valence-electron chi connectivity index (χ3n) is 2.44. The van der Waals surface area contributed by atoms with Crippen LogP contribution < -0.4 is 0 Å². The molecule has 0 N–H and O–H groups in total. The minimum atomic E-state index is -1.11. The smallest absolute Gasteiger partial charge is 0.188 e. The first-order chi connectivity index (χ1) is 8.68. The van der Waals surface area contributed by atoms with E-state index in [-0.39, 0.29) is 5.56 Å². The molecule has 0 unspecified atom stereocenters. The second-order valence-electron chi connectivity index (χ2n) is 3.71. The number of halogens is 2. The maximum Gasteiger partial charge on any atom is 0.188 e. The van der Waals surface area contributed by atoms with Crippen molar-refractivity contribution in [2.24, 2.45) is 0 Å². The van der Waals surface area contributed by atoms with Gasteiger partial charge < -0.3 is 0 Å². The first-order valence-corrected chi connectivity index (χ1v) is 5.40. The fourth-order valence-electron chi connectivity index (χ4n) is 1.52. The van der Waals surface area contributed by atoms with Gasteiger partial charge in [0.25, 0.3) is 0 Å². The van der Waals surface area contributed by atoms with Gasteiger partial charge in [-0.3, -0.25) is 4.79 Å². The van der Waals surface area contributed by atoms with E-state index in [1.54, 1.807) is 6.08 Å². The first kappa shape index (κ1) is 12.2. The van der Waals surface area contributed by atoms with Gasteiger partial charge in [-0.1, -0.05) is 42.5 Å². The Morgan fingerprint density at radius 1 is 0.944 bits per heavy atom. The van der Waals surface area contributed by atoms with Gasteiger partial charge in [0.15, 0.2) is 17.4 Å². The highest BCUT2D eigenvalue weighted by Gasteiger charge is 2.12. The fraction of sp³-hybridized carbons (Fsp3) is 0. The van der Waals surface area contributed by atoms with E-state index in [1.165, 1.54) is 18.2 Å². The molecule has 0 saturated heterocycles. The Morgan fingerprint density at radius 3 is 2.39 bits per heavy atom. The third kappa shape index (κ3) is 2.69. The quantitative estimate of drug-likeness (QED) is 0.592.